The molecule has 0 spiro atoms. The molecule has 3 unspecified atom stereocenters. The van der Waals surface area contributed by atoms with E-state index in [1.54, 1.807) is 18.2 Å². The topological polar surface area (TPSA) is 63.3 Å². The van der Waals surface area contributed by atoms with Gasteiger partial charge in [0.15, 0.2) is 0 Å². The lowest BCUT2D eigenvalue weighted by molar-refractivity contribution is -0.221. The highest BCUT2D eigenvalue weighted by atomic mass is 16.4. The highest BCUT2D eigenvalue weighted by Gasteiger charge is 2.69. The Hall–Kier alpha value is -3.63. The number of hydrogen-bond acceptors (Lipinski definition) is 2. The number of allylic oxidation sites excluding steroid dienone is 3. The second-order valence-corrected chi connectivity index (χ2v) is 15.6. The molecule has 3 N–H and O–H groups in total. The number of rotatable bonds is 3. The third-order valence-corrected chi connectivity index (χ3v) is 14.0. The summed E-state index contributed by atoms with van der Waals surface area (Å²) in [6, 6.07) is 7.62. The lowest BCUT2D eigenvalue weighted by atomic mass is 9.32. The van der Waals surface area contributed by atoms with E-state index in [-0.39, 0.29) is 5.41 Å². The molecule has 3 heteroatoms. The summed E-state index contributed by atoms with van der Waals surface area (Å²) < 4.78 is 0. The van der Waals surface area contributed by atoms with Gasteiger partial charge in [-0.25, -0.2) is 4.79 Å². The van der Waals surface area contributed by atoms with Crippen molar-refractivity contribution in [2.24, 2.45) is 56.5 Å². The van der Waals surface area contributed by atoms with E-state index in [0.29, 0.717) is 33.1 Å². The van der Waals surface area contributed by atoms with Gasteiger partial charge in [-0.3, -0.25) is 0 Å². The Morgan fingerprint density at radius 2 is 1.38 bits per heavy atom. The van der Waals surface area contributed by atoms with E-state index < -0.39 is 5.97 Å². The van der Waals surface area contributed by atoms with Crippen LogP contribution in [0.1, 0.15) is 122 Å². The Kier molecular flexibility index (Phi) is 15.2. The Labute approximate surface area is 295 Å². The summed E-state index contributed by atoms with van der Waals surface area (Å²) >= 11 is 0. The van der Waals surface area contributed by atoms with Gasteiger partial charge in [0, 0.05) is 0 Å². The van der Waals surface area contributed by atoms with Crippen LogP contribution in [0, 0.1) is 102 Å². The van der Waals surface area contributed by atoms with Gasteiger partial charge in [0.2, 0.25) is 0 Å². The Morgan fingerprint density at radius 3 is 1.90 bits per heavy atom. The van der Waals surface area contributed by atoms with Crippen LogP contribution in [0.25, 0.3) is 5.57 Å². The van der Waals surface area contributed by atoms with E-state index in [0.717, 1.165) is 30.7 Å². The van der Waals surface area contributed by atoms with E-state index in [9.17, 15) is 9.90 Å². The molecule has 5 aliphatic carbocycles. The van der Waals surface area contributed by atoms with Crippen LogP contribution in [-0.2, 0) is 0 Å². The van der Waals surface area contributed by atoms with E-state index in [1.165, 1.54) is 68.9 Å². The maximum atomic E-state index is 11.4. The predicted octanol–water partition coefficient (Wildman–Crippen LogP) is 10.4. The highest BCUT2D eigenvalue weighted by molar-refractivity contribution is 5.88. The molecule has 0 radical (unpaired) electrons. The van der Waals surface area contributed by atoms with Gasteiger partial charge < -0.3 is 10.8 Å². The van der Waals surface area contributed by atoms with Crippen LogP contribution >= 0.6 is 0 Å². The van der Waals surface area contributed by atoms with Gasteiger partial charge in [-0.2, -0.15) is 0 Å². The third-order valence-electron chi connectivity index (χ3n) is 14.0. The Morgan fingerprint density at radius 1 is 0.812 bits per heavy atom. The second kappa shape index (κ2) is 17.2. The standard InChI is InChI=1S/C34H49NO2.C3H6.4C2H2/c1-30(2)24(22-8-10-23(11-9-22)29(36)37)14-17-31(3)27(30)15-18-33(5)28(31)13-12-25-26-7-6-16-34(26,21-35)20-19-32(25,33)4;1-3-2;4*1-2/h8-11,14,25-28H,6-7,12-13,15-21,35H2,1-5H3,(H,36,37);3H,1H2,2H3;4*1-2H/t25-,26?,27?,28?,31+,32-,33-,34-;;;;;/m1...../s1. The summed E-state index contributed by atoms with van der Waals surface area (Å²) in [5, 5.41) is 9.37. The first-order valence-electron chi connectivity index (χ1n) is 17.5. The zero-order valence-corrected chi connectivity index (χ0v) is 30.8. The third kappa shape index (κ3) is 6.79. The lowest BCUT2D eigenvalue weighted by Gasteiger charge is -2.72. The summed E-state index contributed by atoms with van der Waals surface area (Å²) in [4.78, 5) is 11.4. The van der Waals surface area contributed by atoms with Crippen LogP contribution in [0.5, 0.6) is 0 Å². The van der Waals surface area contributed by atoms with Crippen LogP contribution in [0.15, 0.2) is 43.0 Å². The SMILES string of the molecule is C#C.C#C.C#C.C#C.C=CC.CC1(C)C(c2ccc(C(=O)O)cc2)=CC[C@@]2(C)C1CC[C@]1(C)C2CC[C@@H]2C3CCC[C@]3(CN)CC[C@]21C. The van der Waals surface area contributed by atoms with Crippen LogP contribution in [0.4, 0.5) is 0 Å². The van der Waals surface area contributed by atoms with Crippen molar-refractivity contribution < 1.29 is 9.90 Å². The van der Waals surface area contributed by atoms with Gasteiger partial charge >= 0.3 is 5.97 Å². The van der Waals surface area contributed by atoms with Crippen molar-refractivity contribution >= 4 is 11.5 Å². The fourth-order valence-corrected chi connectivity index (χ4v) is 11.9. The lowest BCUT2D eigenvalue weighted by Crippen LogP contribution is -2.65. The fourth-order valence-electron chi connectivity index (χ4n) is 11.9. The average Bonchev–Trinajstić information content (AvgIpc) is 3.54. The van der Waals surface area contributed by atoms with Crippen molar-refractivity contribution in [3.8, 4) is 51.4 Å². The van der Waals surface area contributed by atoms with Crippen molar-refractivity contribution in [3.63, 3.8) is 0 Å². The van der Waals surface area contributed by atoms with E-state index in [1.807, 2.05) is 19.1 Å². The van der Waals surface area contributed by atoms with Crippen molar-refractivity contribution in [1.29, 1.82) is 0 Å². The molecule has 1 aromatic rings. The fraction of sp³-hybridized carbons (Fsp3) is 0.578. The van der Waals surface area contributed by atoms with Crippen LogP contribution in [0.3, 0.4) is 0 Å². The van der Waals surface area contributed by atoms with Crippen molar-refractivity contribution in [2.75, 3.05) is 6.54 Å². The number of fused-ring (bicyclic) bond motifs is 7. The summed E-state index contributed by atoms with van der Waals surface area (Å²) in [6.45, 7) is 19.2. The molecule has 0 aromatic heterocycles. The minimum atomic E-state index is -0.851. The van der Waals surface area contributed by atoms with Gasteiger partial charge in [-0.05, 0) is 145 Å². The molecule has 48 heavy (non-hydrogen) atoms. The van der Waals surface area contributed by atoms with Gasteiger partial charge in [0.1, 0.15) is 0 Å². The molecule has 6 rings (SSSR count). The van der Waals surface area contributed by atoms with Gasteiger partial charge in [0.05, 0.1) is 5.56 Å². The number of nitrogens with two attached hydrogens (primary N) is 1. The molecule has 0 heterocycles. The average molecular weight is 650 g/mol. The summed E-state index contributed by atoms with van der Waals surface area (Å²) in [5.74, 6) is 2.26. The number of aromatic carboxylic acids is 1. The summed E-state index contributed by atoms with van der Waals surface area (Å²) in [6.07, 6.45) is 49.8. The van der Waals surface area contributed by atoms with Crippen molar-refractivity contribution in [3.05, 3.63) is 54.1 Å². The maximum Gasteiger partial charge on any atom is 0.335 e. The van der Waals surface area contributed by atoms with E-state index in [4.69, 9.17) is 5.73 Å². The predicted molar refractivity (Wildman–Crippen MR) is 207 cm³/mol. The monoisotopic (exact) mass is 649 g/mol. The van der Waals surface area contributed by atoms with E-state index >= 15 is 0 Å². The molecule has 8 atom stereocenters. The quantitative estimate of drug-likeness (QED) is 0.253. The molecule has 4 fully saturated rings. The molecular weight excluding hydrogens is 587 g/mol. The zero-order valence-electron chi connectivity index (χ0n) is 30.8. The molecule has 260 valence electrons. The van der Waals surface area contributed by atoms with Crippen LogP contribution < -0.4 is 5.73 Å². The number of hydrogen-bond donors (Lipinski definition) is 2. The van der Waals surface area contributed by atoms with Gasteiger partial charge in [-0.15, -0.1) is 58.0 Å². The molecular formula is C45H63NO2. The number of terminal acetylenes is 4. The number of benzene rings is 1. The second-order valence-electron chi connectivity index (χ2n) is 15.6. The minimum absolute atomic E-state index is 0.0730. The van der Waals surface area contributed by atoms with Crippen LogP contribution in [-0.4, -0.2) is 17.6 Å². The van der Waals surface area contributed by atoms with Gasteiger partial charge in [-0.1, -0.05) is 65.3 Å². The molecule has 5 aliphatic rings. The highest BCUT2D eigenvalue weighted by Crippen LogP contribution is 2.76. The molecule has 4 saturated carbocycles. The minimum Gasteiger partial charge on any atom is -0.478 e. The molecule has 0 bridgehead atoms. The first kappa shape index (κ1) is 42.4. The van der Waals surface area contributed by atoms with Crippen molar-refractivity contribution in [1.82, 2.24) is 0 Å². The largest absolute Gasteiger partial charge is 0.478 e. The summed E-state index contributed by atoms with van der Waals surface area (Å²) in [5.41, 5.74) is 11.1. The first-order valence-corrected chi connectivity index (χ1v) is 17.5. The molecule has 1 aromatic carbocycles. The first-order chi connectivity index (χ1) is 22.8. The van der Waals surface area contributed by atoms with Crippen molar-refractivity contribution in [2.45, 2.75) is 106 Å². The molecule has 0 saturated heterocycles. The number of carboxylic acids is 1. The van der Waals surface area contributed by atoms with E-state index in [2.05, 4.69) is 98.7 Å². The van der Waals surface area contributed by atoms with Crippen LogP contribution in [0.2, 0.25) is 0 Å². The Balaban J connectivity index is 0.000000948. The normalized spacial score (nSPS) is 36.0. The zero-order chi connectivity index (χ0) is 37.1. The van der Waals surface area contributed by atoms with Gasteiger partial charge in [0.25, 0.3) is 0 Å². The number of carbonyl (C=O) groups is 1. The maximum absolute atomic E-state index is 11.4. The smallest absolute Gasteiger partial charge is 0.335 e. The number of carboxylic acid groups (broad SMARTS) is 1. The molecule has 0 amide bonds. The Bertz CT molecular complexity index is 1320. The molecule has 0 aliphatic heterocycles. The molecule has 3 nitrogen and oxygen atoms in total. The summed E-state index contributed by atoms with van der Waals surface area (Å²) in [7, 11) is 0.